The molecule has 2 aliphatic heterocycles. The molecule has 0 bridgehead atoms. The summed E-state index contributed by atoms with van der Waals surface area (Å²) in [4.78, 5) is 6.73. The smallest absolute Gasteiger partial charge is 0.118 e. The van der Waals surface area contributed by atoms with E-state index in [9.17, 15) is 0 Å². The molecule has 0 unspecified atom stereocenters. The van der Waals surface area contributed by atoms with Gasteiger partial charge in [-0.15, -0.1) is 0 Å². The zero-order valence-corrected chi connectivity index (χ0v) is 13.7. The van der Waals surface area contributed by atoms with Crippen molar-refractivity contribution in [2.24, 2.45) is 0 Å². The summed E-state index contributed by atoms with van der Waals surface area (Å²) in [6.07, 6.45) is 7.19. The normalized spacial score (nSPS) is 24.3. The summed E-state index contributed by atoms with van der Waals surface area (Å²) in [5.74, 6) is 2.56. The maximum Gasteiger partial charge on any atom is 0.118 e. The number of aryl methyl sites for hydroxylation is 1. The second kappa shape index (κ2) is 6.10. The second-order valence-corrected chi connectivity index (χ2v) is 6.97. The lowest BCUT2D eigenvalue weighted by Gasteiger charge is -2.38. The van der Waals surface area contributed by atoms with Crippen molar-refractivity contribution in [1.29, 1.82) is 0 Å². The number of rotatable bonds is 3. The van der Waals surface area contributed by atoms with Crippen molar-refractivity contribution >= 4 is 0 Å². The summed E-state index contributed by atoms with van der Waals surface area (Å²) in [7, 11) is 0. The van der Waals surface area contributed by atoms with Gasteiger partial charge < -0.3 is 9.15 Å². The number of hydrogen-bond donors (Lipinski definition) is 0. The first-order valence-corrected chi connectivity index (χ1v) is 8.54. The molecule has 122 valence electrons. The van der Waals surface area contributed by atoms with Gasteiger partial charge in [-0.1, -0.05) is 6.07 Å². The lowest BCUT2D eigenvalue weighted by molar-refractivity contribution is -0.0457. The Hall–Kier alpha value is -1.65. The van der Waals surface area contributed by atoms with E-state index in [1.807, 2.05) is 31.5 Å². The minimum absolute atomic E-state index is 0.0795. The molecule has 0 amide bonds. The monoisotopic (exact) mass is 312 g/mol. The van der Waals surface area contributed by atoms with Gasteiger partial charge in [0.05, 0.1) is 18.8 Å². The van der Waals surface area contributed by atoms with Gasteiger partial charge in [0.2, 0.25) is 0 Å². The highest BCUT2D eigenvalue weighted by Gasteiger charge is 2.43. The Balaban J connectivity index is 1.34. The lowest BCUT2D eigenvalue weighted by atomic mass is 9.83. The van der Waals surface area contributed by atoms with Crippen LogP contribution in [0.4, 0.5) is 0 Å². The van der Waals surface area contributed by atoms with Gasteiger partial charge >= 0.3 is 0 Å². The number of furan rings is 1. The molecule has 0 aliphatic carbocycles. The van der Waals surface area contributed by atoms with Crippen molar-refractivity contribution in [2.45, 2.75) is 44.2 Å². The second-order valence-electron chi connectivity index (χ2n) is 6.97. The van der Waals surface area contributed by atoms with Crippen LogP contribution >= 0.6 is 0 Å². The lowest BCUT2D eigenvalue weighted by Crippen LogP contribution is -2.43. The molecule has 2 saturated heterocycles. The van der Waals surface area contributed by atoms with Crippen LogP contribution in [-0.4, -0.2) is 35.2 Å². The Morgan fingerprint density at radius 1 is 1.26 bits per heavy atom. The molecule has 2 aromatic rings. The fourth-order valence-corrected chi connectivity index (χ4v) is 3.93. The summed E-state index contributed by atoms with van der Waals surface area (Å²) in [5, 5.41) is 0. The van der Waals surface area contributed by atoms with Crippen molar-refractivity contribution in [3.05, 3.63) is 53.7 Å². The summed E-state index contributed by atoms with van der Waals surface area (Å²) in [6, 6.07) is 8.33. The molecule has 2 fully saturated rings. The zero-order chi connectivity index (χ0) is 15.7. The number of nitrogens with zero attached hydrogens (tertiary/aromatic N) is 2. The summed E-state index contributed by atoms with van der Waals surface area (Å²) >= 11 is 0. The van der Waals surface area contributed by atoms with E-state index < -0.39 is 0 Å². The first kappa shape index (κ1) is 14.9. The molecule has 2 aliphatic rings. The molecule has 0 aromatic carbocycles. The molecule has 23 heavy (non-hydrogen) atoms. The highest BCUT2D eigenvalue weighted by Crippen LogP contribution is 2.42. The van der Waals surface area contributed by atoms with E-state index in [4.69, 9.17) is 9.15 Å². The third-order valence-corrected chi connectivity index (χ3v) is 5.31. The third-order valence-electron chi connectivity index (χ3n) is 5.31. The Kier molecular flexibility index (Phi) is 3.95. The van der Waals surface area contributed by atoms with Gasteiger partial charge in [-0.05, 0) is 49.9 Å². The van der Waals surface area contributed by atoms with Crippen LogP contribution in [0.15, 0.2) is 41.1 Å². The maximum atomic E-state index is 6.27. The Morgan fingerprint density at radius 3 is 2.83 bits per heavy atom. The first-order valence-electron chi connectivity index (χ1n) is 8.54. The van der Waals surface area contributed by atoms with Gasteiger partial charge in [-0.3, -0.25) is 9.88 Å². The largest absolute Gasteiger partial charge is 0.465 e. The highest BCUT2D eigenvalue weighted by atomic mass is 16.5. The highest BCUT2D eigenvalue weighted by molar-refractivity contribution is 5.18. The van der Waals surface area contributed by atoms with Crippen LogP contribution in [0.1, 0.15) is 42.3 Å². The van der Waals surface area contributed by atoms with Crippen molar-refractivity contribution in [2.75, 3.05) is 19.7 Å². The van der Waals surface area contributed by atoms with Crippen molar-refractivity contribution in [3.8, 4) is 0 Å². The summed E-state index contributed by atoms with van der Waals surface area (Å²) in [5.41, 5.74) is 1.40. The van der Waals surface area contributed by atoms with Crippen LogP contribution in [0.5, 0.6) is 0 Å². The van der Waals surface area contributed by atoms with E-state index >= 15 is 0 Å². The molecule has 0 saturated carbocycles. The number of aromatic nitrogens is 1. The van der Waals surface area contributed by atoms with Crippen LogP contribution in [-0.2, 0) is 11.3 Å². The minimum Gasteiger partial charge on any atom is -0.465 e. The molecule has 0 radical (unpaired) electrons. The Morgan fingerprint density at radius 2 is 2.13 bits per heavy atom. The molecular weight excluding hydrogens is 288 g/mol. The maximum absolute atomic E-state index is 6.27. The van der Waals surface area contributed by atoms with Gasteiger partial charge in [0, 0.05) is 31.4 Å². The van der Waals surface area contributed by atoms with Gasteiger partial charge in [0.25, 0.3) is 0 Å². The van der Waals surface area contributed by atoms with Gasteiger partial charge in [-0.25, -0.2) is 0 Å². The Labute approximate surface area is 137 Å². The SMILES string of the molecule is Cc1ccc(CN2CCC3(CC2)C[C@H](c2cccnc2)CO3)o1. The molecule has 0 N–H and O–H groups in total. The quantitative estimate of drug-likeness (QED) is 0.869. The number of pyridine rings is 1. The molecular formula is C19H24N2O2. The van der Waals surface area contributed by atoms with Gasteiger partial charge in [0.1, 0.15) is 11.5 Å². The number of hydrogen-bond acceptors (Lipinski definition) is 4. The fourth-order valence-electron chi connectivity index (χ4n) is 3.93. The predicted molar refractivity (Wildman–Crippen MR) is 88.2 cm³/mol. The van der Waals surface area contributed by atoms with E-state index in [0.29, 0.717) is 5.92 Å². The Bertz CT molecular complexity index is 644. The van der Waals surface area contributed by atoms with E-state index in [1.165, 1.54) is 5.56 Å². The average Bonchev–Trinajstić information content (AvgIpc) is 3.18. The van der Waals surface area contributed by atoms with Gasteiger partial charge in [0.15, 0.2) is 0 Å². The molecule has 4 heteroatoms. The van der Waals surface area contributed by atoms with Crippen LogP contribution < -0.4 is 0 Å². The van der Waals surface area contributed by atoms with Crippen LogP contribution in [0.3, 0.4) is 0 Å². The third kappa shape index (κ3) is 3.19. The van der Waals surface area contributed by atoms with Crippen molar-refractivity contribution in [1.82, 2.24) is 9.88 Å². The average molecular weight is 312 g/mol. The van der Waals surface area contributed by atoms with E-state index in [0.717, 1.165) is 57.0 Å². The topological polar surface area (TPSA) is 38.5 Å². The summed E-state index contributed by atoms with van der Waals surface area (Å²) < 4.78 is 12.0. The molecule has 2 aromatic heterocycles. The van der Waals surface area contributed by atoms with E-state index in [1.54, 1.807) is 0 Å². The molecule has 4 heterocycles. The number of ether oxygens (including phenoxy) is 1. The molecule has 1 spiro atoms. The molecule has 4 nitrogen and oxygen atoms in total. The van der Waals surface area contributed by atoms with Crippen LogP contribution in [0.25, 0.3) is 0 Å². The zero-order valence-electron chi connectivity index (χ0n) is 13.7. The van der Waals surface area contributed by atoms with Crippen LogP contribution in [0.2, 0.25) is 0 Å². The molecule has 1 atom stereocenters. The predicted octanol–water partition coefficient (Wildman–Crippen LogP) is 3.52. The first-order chi connectivity index (χ1) is 11.2. The number of likely N-dealkylation sites (tertiary alicyclic amines) is 1. The summed E-state index contributed by atoms with van der Waals surface area (Å²) in [6.45, 7) is 5.91. The minimum atomic E-state index is 0.0795. The van der Waals surface area contributed by atoms with E-state index in [2.05, 4.69) is 22.0 Å². The van der Waals surface area contributed by atoms with Crippen LogP contribution in [0, 0.1) is 6.92 Å². The molecule has 4 rings (SSSR count). The van der Waals surface area contributed by atoms with Crippen molar-refractivity contribution in [3.63, 3.8) is 0 Å². The number of piperidine rings is 1. The van der Waals surface area contributed by atoms with Gasteiger partial charge in [-0.2, -0.15) is 0 Å². The standard InChI is InChI=1S/C19H24N2O2/c1-15-4-5-18(23-15)13-21-9-6-19(7-10-21)11-17(14-22-19)16-3-2-8-20-12-16/h2-5,8,12,17H,6-7,9-11,13-14H2,1H3/t17-/m0/s1. The van der Waals surface area contributed by atoms with E-state index in [-0.39, 0.29) is 5.60 Å². The fraction of sp³-hybridized carbons (Fsp3) is 0.526. The van der Waals surface area contributed by atoms with Crippen molar-refractivity contribution < 1.29 is 9.15 Å².